The van der Waals surface area contributed by atoms with Gasteiger partial charge in [-0.1, -0.05) is 19.1 Å². The number of halogens is 4. The Morgan fingerprint density at radius 2 is 2.05 bits per heavy atom. The van der Waals surface area contributed by atoms with Gasteiger partial charge in [0.05, 0.1) is 29.5 Å². The largest absolute Gasteiger partial charge is 0.458 e. The number of rotatable bonds is 3. The molecule has 0 saturated carbocycles. The third-order valence-electron chi connectivity index (χ3n) is 8.25. The van der Waals surface area contributed by atoms with Crippen LogP contribution in [0.25, 0.3) is 22.3 Å². The second-order valence-electron chi connectivity index (χ2n) is 10.4. The normalized spacial score (nSPS) is 21.9. The van der Waals surface area contributed by atoms with Crippen LogP contribution in [0.1, 0.15) is 59.2 Å². The predicted molar refractivity (Wildman–Crippen MR) is 135 cm³/mol. The highest BCUT2D eigenvalue weighted by Crippen LogP contribution is 2.47. The van der Waals surface area contributed by atoms with Crippen molar-refractivity contribution in [1.82, 2.24) is 14.9 Å². The summed E-state index contributed by atoms with van der Waals surface area (Å²) in [6.07, 6.45) is -7.91. The maximum absolute atomic E-state index is 14.9. The number of fused-ring (bicyclic) bond motifs is 5. The molecule has 0 radical (unpaired) electrons. The molecule has 3 aliphatic rings. The molecule has 1 amide bonds. The molecule has 1 aromatic carbocycles. The molecule has 3 atom stereocenters. The SMILES string of the molecule is CC[C@@]1(O)C(=O)OCc2c1cc1n(c2=S)Cc2c-1nc1cc(F)c(C)c3c1c2[C@H](NC(=O)[C@@H](O)C(F)(F)F)CC3. The van der Waals surface area contributed by atoms with Gasteiger partial charge in [0.15, 0.2) is 5.60 Å². The van der Waals surface area contributed by atoms with Gasteiger partial charge in [0, 0.05) is 28.1 Å². The van der Waals surface area contributed by atoms with Crippen molar-refractivity contribution in [2.75, 3.05) is 0 Å². The number of amides is 1. The molecular formula is C27H23F4N3O5S. The van der Waals surface area contributed by atoms with Gasteiger partial charge in [-0.25, -0.2) is 14.2 Å². The minimum Gasteiger partial charge on any atom is -0.458 e. The second kappa shape index (κ2) is 8.79. The first-order chi connectivity index (χ1) is 18.8. The number of alkyl halides is 3. The number of aliphatic hydroxyl groups excluding tert-OH is 1. The third-order valence-corrected chi connectivity index (χ3v) is 8.72. The fourth-order valence-electron chi connectivity index (χ4n) is 6.10. The molecule has 4 heterocycles. The van der Waals surface area contributed by atoms with Crippen LogP contribution >= 0.6 is 12.2 Å². The smallest absolute Gasteiger partial charge is 0.423 e. The van der Waals surface area contributed by atoms with Crippen LogP contribution in [0.5, 0.6) is 0 Å². The topological polar surface area (TPSA) is 114 Å². The van der Waals surface area contributed by atoms with Gasteiger partial charge in [0.25, 0.3) is 5.91 Å². The molecular weight excluding hydrogens is 554 g/mol. The summed E-state index contributed by atoms with van der Waals surface area (Å²) in [6.45, 7) is 3.22. The number of cyclic esters (lactones) is 1. The highest BCUT2D eigenvalue weighted by atomic mass is 32.1. The number of esters is 1. The molecule has 0 fully saturated rings. The van der Waals surface area contributed by atoms with Gasteiger partial charge in [-0.05, 0) is 48.9 Å². The zero-order chi connectivity index (χ0) is 28.9. The van der Waals surface area contributed by atoms with Crippen molar-refractivity contribution in [3.8, 4) is 11.4 Å². The first-order valence-electron chi connectivity index (χ1n) is 12.6. The number of ether oxygens (including phenoxy) is 1. The first kappa shape index (κ1) is 26.8. The highest BCUT2D eigenvalue weighted by Gasteiger charge is 2.46. The Morgan fingerprint density at radius 1 is 1.32 bits per heavy atom. The summed E-state index contributed by atoms with van der Waals surface area (Å²) < 4.78 is 61.5. The van der Waals surface area contributed by atoms with E-state index in [1.165, 1.54) is 6.07 Å². The van der Waals surface area contributed by atoms with Gasteiger partial charge in [-0.15, -0.1) is 0 Å². The van der Waals surface area contributed by atoms with Gasteiger partial charge < -0.3 is 24.8 Å². The Morgan fingerprint density at radius 3 is 2.73 bits per heavy atom. The van der Waals surface area contributed by atoms with Crippen LogP contribution in [0.2, 0.25) is 0 Å². The molecule has 0 unspecified atom stereocenters. The summed E-state index contributed by atoms with van der Waals surface area (Å²) in [6, 6.07) is 1.90. The zero-order valence-electron chi connectivity index (χ0n) is 21.3. The van der Waals surface area contributed by atoms with Crippen LogP contribution in [0.4, 0.5) is 17.6 Å². The highest BCUT2D eigenvalue weighted by molar-refractivity contribution is 7.71. The Labute approximate surface area is 229 Å². The molecule has 3 aromatic rings. The summed E-state index contributed by atoms with van der Waals surface area (Å²) in [5.74, 6) is -2.90. The van der Waals surface area contributed by atoms with Crippen molar-refractivity contribution < 1.29 is 42.1 Å². The number of aliphatic hydroxyl groups is 2. The van der Waals surface area contributed by atoms with Crippen molar-refractivity contribution in [2.24, 2.45) is 0 Å². The molecule has 3 N–H and O–H groups in total. The van der Waals surface area contributed by atoms with E-state index in [1.807, 2.05) is 0 Å². The van der Waals surface area contributed by atoms with Crippen molar-refractivity contribution in [3.05, 3.63) is 56.0 Å². The second-order valence-corrected chi connectivity index (χ2v) is 10.7. The minimum absolute atomic E-state index is 0.0177. The van der Waals surface area contributed by atoms with Crippen LogP contribution in [0, 0.1) is 17.4 Å². The quantitative estimate of drug-likeness (QED) is 0.192. The zero-order valence-corrected chi connectivity index (χ0v) is 22.1. The summed E-state index contributed by atoms with van der Waals surface area (Å²) in [5, 5.41) is 23.6. The number of nitrogens with one attached hydrogen (secondary N) is 1. The van der Waals surface area contributed by atoms with Gasteiger partial charge in [0.2, 0.25) is 6.10 Å². The Bertz CT molecular complexity index is 1720. The lowest BCUT2D eigenvalue weighted by Gasteiger charge is -2.32. The van der Waals surface area contributed by atoms with Gasteiger partial charge >= 0.3 is 12.1 Å². The van der Waals surface area contributed by atoms with Crippen LogP contribution < -0.4 is 5.32 Å². The number of nitrogens with zero attached hydrogens (tertiary/aromatic N) is 2. The average molecular weight is 578 g/mol. The van der Waals surface area contributed by atoms with E-state index >= 15 is 0 Å². The van der Waals surface area contributed by atoms with E-state index in [2.05, 4.69) is 5.32 Å². The number of carbonyl (C=O) groups is 2. The van der Waals surface area contributed by atoms with E-state index < -0.39 is 41.6 Å². The molecule has 40 heavy (non-hydrogen) atoms. The maximum Gasteiger partial charge on any atom is 0.423 e. The van der Waals surface area contributed by atoms with Crippen molar-refractivity contribution in [1.29, 1.82) is 0 Å². The van der Waals surface area contributed by atoms with Crippen molar-refractivity contribution in [2.45, 2.75) is 70.2 Å². The molecule has 1 aliphatic carbocycles. The minimum atomic E-state index is -5.15. The monoisotopic (exact) mass is 577 g/mol. The fraction of sp³-hybridized carbons (Fsp3) is 0.407. The molecule has 210 valence electrons. The summed E-state index contributed by atoms with van der Waals surface area (Å²) in [7, 11) is 0. The Hall–Kier alpha value is -3.42. The van der Waals surface area contributed by atoms with Crippen LogP contribution in [0.15, 0.2) is 12.1 Å². The number of carbonyl (C=O) groups excluding carboxylic acids is 2. The van der Waals surface area contributed by atoms with Crippen molar-refractivity contribution in [3.63, 3.8) is 0 Å². The lowest BCUT2D eigenvalue weighted by atomic mass is 9.81. The summed E-state index contributed by atoms with van der Waals surface area (Å²) in [4.78, 5) is 29.7. The average Bonchev–Trinajstić information content (AvgIpc) is 3.27. The predicted octanol–water partition coefficient (Wildman–Crippen LogP) is 3.92. The molecule has 6 rings (SSSR count). The molecule has 0 bridgehead atoms. The van der Waals surface area contributed by atoms with Crippen LogP contribution in [0.3, 0.4) is 0 Å². The Balaban J connectivity index is 1.60. The summed E-state index contributed by atoms with van der Waals surface area (Å²) >= 11 is 5.73. The molecule has 13 heteroatoms. The van der Waals surface area contributed by atoms with E-state index in [4.69, 9.17) is 21.9 Å². The number of aryl methyl sites for hydroxylation is 1. The number of aromatic nitrogens is 2. The number of hydrogen-bond acceptors (Lipinski definition) is 7. The molecule has 0 saturated heterocycles. The first-order valence-corrected chi connectivity index (χ1v) is 13.1. The lowest BCUT2D eigenvalue weighted by molar-refractivity contribution is -0.205. The molecule has 0 spiro atoms. The van der Waals surface area contributed by atoms with E-state index in [0.29, 0.717) is 44.6 Å². The maximum atomic E-state index is 14.9. The molecule has 2 aliphatic heterocycles. The van der Waals surface area contributed by atoms with Gasteiger partial charge in [0.1, 0.15) is 17.1 Å². The number of pyridine rings is 2. The number of hydrogen-bond donors (Lipinski definition) is 3. The van der Waals surface area contributed by atoms with E-state index in [-0.39, 0.29) is 48.1 Å². The third kappa shape index (κ3) is 3.63. The van der Waals surface area contributed by atoms with E-state index in [1.54, 1.807) is 24.5 Å². The molecule has 2 aromatic heterocycles. The fourth-order valence-corrected chi connectivity index (χ4v) is 6.43. The van der Waals surface area contributed by atoms with E-state index in [0.717, 1.165) is 0 Å². The molecule has 8 nitrogen and oxygen atoms in total. The van der Waals surface area contributed by atoms with Crippen LogP contribution in [-0.2, 0) is 39.5 Å². The number of benzene rings is 1. The Kier molecular flexibility index (Phi) is 5.88. The standard InChI is InChI=1S/C27H23F4N3O5S/c1-3-26(38)14-6-18-21-12(8-34(18)24(40)13(14)9-39-25(26)37)20-16(33-23(36)22(35)27(29,30)31)5-4-11-10(2)15(28)7-17(32-21)19(11)20/h6-7,16,22,35,38H,3-5,8-9H2,1-2H3,(H,33,36)/t16-,22-,26+/m1/s1. The van der Waals surface area contributed by atoms with E-state index in [9.17, 15) is 37.4 Å². The van der Waals surface area contributed by atoms with Gasteiger partial charge in [-0.3, -0.25) is 4.79 Å². The summed E-state index contributed by atoms with van der Waals surface area (Å²) in [5.41, 5.74) is 1.87. The van der Waals surface area contributed by atoms with Gasteiger partial charge in [-0.2, -0.15) is 13.2 Å². The lowest BCUT2D eigenvalue weighted by Crippen LogP contribution is -2.45. The van der Waals surface area contributed by atoms with Crippen LogP contribution in [-0.4, -0.2) is 43.9 Å². The van der Waals surface area contributed by atoms with Crippen molar-refractivity contribution >= 4 is 35.0 Å².